The van der Waals surface area contributed by atoms with Crippen LogP contribution in [0.4, 0.5) is 5.69 Å². The van der Waals surface area contributed by atoms with Gasteiger partial charge in [0.15, 0.2) is 0 Å². The van der Waals surface area contributed by atoms with Gasteiger partial charge in [0.25, 0.3) is 0 Å². The topological polar surface area (TPSA) is 42.0 Å². The minimum Gasteiger partial charge on any atom is -0.325 e. The molecule has 3 aromatic carbocycles. The van der Waals surface area contributed by atoms with Crippen LogP contribution < -0.4 is 5.32 Å². The first-order valence-corrected chi connectivity index (χ1v) is 10.5. The van der Waals surface area contributed by atoms with Crippen molar-refractivity contribution in [3.63, 3.8) is 0 Å². The lowest BCUT2D eigenvalue weighted by molar-refractivity contribution is -0.113. The molecule has 1 N–H and O–H groups in total. The third-order valence-electron chi connectivity index (χ3n) is 3.87. The second kappa shape index (κ2) is 8.13. The highest BCUT2D eigenvalue weighted by molar-refractivity contribution is 8.00. The molecule has 0 radical (unpaired) electrons. The monoisotopic (exact) mass is 410 g/mol. The van der Waals surface area contributed by atoms with Crippen molar-refractivity contribution in [3.8, 4) is 10.6 Å². The fourth-order valence-corrected chi connectivity index (χ4v) is 4.39. The van der Waals surface area contributed by atoms with E-state index in [1.54, 1.807) is 11.3 Å². The first-order valence-electron chi connectivity index (χ1n) is 8.32. The highest BCUT2D eigenvalue weighted by atomic mass is 35.5. The molecule has 0 aliphatic heterocycles. The normalized spacial score (nSPS) is 10.9. The summed E-state index contributed by atoms with van der Waals surface area (Å²) >= 11 is 9.01. The Kier molecular flexibility index (Phi) is 5.43. The number of amides is 1. The molecular weight excluding hydrogens is 396 g/mol. The third-order valence-corrected chi connectivity index (χ3v) is 6.22. The molecule has 0 spiro atoms. The van der Waals surface area contributed by atoms with Gasteiger partial charge in [-0.25, -0.2) is 4.98 Å². The molecule has 1 aromatic heterocycles. The molecule has 1 amide bonds. The van der Waals surface area contributed by atoms with E-state index in [0.29, 0.717) is 10.8 Å². The van der Waals surface area contributed by atoms with E-state index in [-0.39, 0.29) is 5.91 Å². The van der Waals surface area contributed by atoms with Crippen LogP contribution in [0.3, 0.4) is 0 Å². The highest BCUT2D eigenvalue weighted by Gasteiger charge is 2.08. The van der Waals surface area contributed by atoms with E-state index >= 15 is 0 Å². The number of fused-ring (bicyclic) bond motifs is 1. The van der Waals surface area contributed by atoms with Crippen molar-refractivity contribution in [1.82, 2.24) is 4.98 Å². The number of hydrogen-bond acceptors (Lipinski definition) is 4. The fourth-order valence-electron chi connectivity index (χ4n) is 2.60. The predicted molar refractivity (Wildman–Crippen MR) is 116 cm³/mol. The summed E-state index contributed by atoms with van der Waals surface area (Å²) in [6, 6.07) is 23.3. The van der Waals surface area contributed by atoms with Gasteiger partial charge in [-0.3, -0.25) is 4.79 Å². The average Bonchev–Trinajstić information content (AvgIpc) is 3.12. The number of anilines is 1. The number of carbonyl (C=O) groups excluding carboxylic acids is 1. The van der Waals surface area contributed by atoms with E-state index in [1.165, 1.54) is 11.8 Å². The molecule has 4 aromatic rings. The molecule has 6 heteroatoms. The first kappa shape index (κ1) is 18.0. The van der Waals surface area contributed by atoms with Gasteiger partial charge < -0.3 is 5.32 Å². The largest absolute Gasteiger partial charge is 0.325 e. The van der Waals surface area contributed by atoms with E-state index in [4.69, 9.17) is 11.6 Å². The van der Waals surface area contributed by atoms with Crippen LogP contribution in [-0.2, 0) is 4.79 Å². The number of thiazole rings is 1. The molecule has 0 unspecified atom stereocenters. The van der Waals surface area contributed by atoms with Gasteiger partial charge in [-0.15, -0.1) is 23.1 Å². The second-order valence-electron chi connectivity index (χ2n) is 5.86. The minimum absolute atomic E-state index is 0.0450. The SMILES string of the molecule is O=C(CSc1ccc(Cl)cc1)Nc1cccc(-c2nc3ccccc3s2)c1. The van der Waals surface area contributed by atoms with Crippen molar-refractivity contribution >= 4 is 56.5 Å². The van der Waals surface area contributed by atoms with E-state index in [2.05, 4.69) is 16.4 Å². The van der Waals surface area contributed by atoms with Gasteiger partial charge >= 0.3 is 0 Å². The maximum absolute atomic E-state index is 12.3. The van der Waals surface area contributed by atoms with Crippen LogP contribution in [0.1, 0.15) is 0 Å². The summed E-state index contributed by atoms with van der Waals surface area (Å²) in [7, 11) is 0. The molecular formula is C21H15ClN2OS2. The molecule has 0 saturated heterocycles. The zero-order valence-corrected chi connectivity index (χ0v) is 16.6. The molecule has 0 atom stereocenters. The van der Waals surface area contributed by atoms with Gasteiger partial charge in [-0.05, 0) is 48.5 Å². The maximum atomic E-state index is 12.3. The van der Waals surface area contributed by atoms with Crippen LogP contribution in [0, 0.1) is 0 Å². The summed E-state index contributed by atoms with van der Waals surface area (Å²) < 4.78 is 1.15. The molecule has 4 rings (SSSR count). The number of thioether (sulfide) groups is 1. The van der Waals surface area contributed by atoms with Crippen LogP contribution in [0.15, 0.2) is 77.7 Å². The van der Waals surface area contributed by atoms with Crippen molar-refractivity contribution in [1.29, 1.82) is 0 Å². The lowest BCUT2D eigenvalue weighted by atomic mass is 10.2. The highest BCUT2D eigenvalue weighted by Crippen LogP contribution is 2.31. The Morgan fingerprint density at radius 2 is 1.85 bits per heavy atom. The lowest BCUT2D eigenvalue weighted by Crippen LogP contribution is -2.13. The van der Waals surface area contributed by atoms with Gasteiger partial charge in [-0.1, -0.05) is 35.9 Å². The Morgan fingerprint density at radius 3 is 2.67 bits per heavy atom. The van der Waals surface area contributed by atoms with E-state index in [1.807, 2.05) is 66.7 Å². The molecule has 0 aliphatic rings. The fraction of sp³-hybridized carbons (Fsp3) is 0.0476. The molecule has 0 bridgehead atoms. The number of nitrogens with one attached hydrogen (secondary N) is 1. The molecule has 0 fully saturated rings. The summed E-state index contributed by atoms with van der Waals surface area (Å²) in [4.78, 5) is 18.0. The summed E-state index contributed by atoms with van der Waals surface area (Å²) in [6.45, 7) is 0. The number of hydrogen-bond donors (Lipinski definition) is 1. The van der Waals surface area contributed by atoms with Crippen molar-refractivity contribution in [3.05, 3.63) is 77.8 Å². The number of para-hydroxylation sites is 1. The van der Waals surface area contributed by atoms with Crippen LogP contribution in [0.25, 0.3) is 20.8 Å². The minimum atomic E-state index is -0.0450. The Balaban J connectivity index is 1.44. The van der Waals surface area contributed by atoms with Crippen LogP contribution in [0.2, 0.25) is 5.02 Å². The van der Waals surface area contributed by atoms with Gasteiger partial charge in [-0.2, -0.15) is 0 Å². The van der Waals surface area contributed by atoms with Gasteiger partial charge in [0.05, 0.1) is 16.0 Å². The average molecular weight is 411 g/mol. The molecule has 134 valence electrons. The molecule has 0 aliphatic carbocycles. The van der Waals surface area contributed by atoms with Gasteiger partial charge in [0.1, 0.15) is 5.01 Å². The van der Waals surface area contributed by atoms with Crippen molar-refractivity contribution in [2.45, 2.75) is 4.90 Å². The Morgan fingerprint density at radius 1 is 1.04 bits per heavy atom. The summed E-state index contributed by atoms with van der Waals surface area (Å²) in [5.74, 6) is 0.295. The first-order chi connectivity index (χ1) is 13.2. The number of rotatable bonds is 5. The zero-order chi connectivity index (χ0) is 18.6. The van der Waals surface area contributed by atoms with Crippen LogP contribution in [0.5, 0.6) is 0 Å². The number of benzene rings is 3. The van der Waals surface area contributed by atoms with Crippen molar-refractivity contribution in [2.75, 3.05) is 11.1 Å². The maximum Gasteiger partial charge on any atom is 0.234 e. The standard InChI is InChI=1S/C21H15ClN2OS2/c22-15-8-10-17(11-9-15)26-13-20(25)23-16-5-3-4-14(12-16)21-24-18-6-1-2-7-19(18)27-21/h1-12H,13H2,(H,23,25). The van der Waals surface area contributed by atoms with Crippen molar-refractivity contribution in [2.24, 2.45) is 0 Å². The zero-order valence-electron chi connectivity index (χ0n) is 14.2. The molecule has 3 nitrogen and oxygen atoms in total. The summed E-state index contributed by atoms with van der Waals surface area (Å²) in [6.07, 6.45) is 0. The Bertz CT molecular complexity index is 1060. The number of nitrogens with zero attached hydrogens (tertiary/aromatic N) is 1. The smallest absolute Gasteiger partial charge is 0.234 e. The van der Waals surface area contributed by atoms with E-state index < -0.39 is 0 Å². The van der Waals surface area contributed by atoms with Crippen LogP contribution in [-0.4, -0.2) is 16.6 Å². The number of carbonyl (C=O) groups is 1. The predicted octanol–water partition coefficient (Wildman–Crippen LogP) is 6.35. The molecule has 27 heavy (non-hydrogen) atoms. The van der Waals surface area contributed by atoms with Crippen LogP contribution >= 0.6 is 34.7 Å². The quantitative estimate of drug-likeness (QED) is 0.390. The number of aromatic nitrogens is 1. The van der Waals surface area contributed by atoms with Gasteiger partial charge in [0.2, 0.25) is 5.91 Å². The summed E-state index contributed by atoms with van der Waals surface area (Å²) in [5, 5.41) is 4.60. The van der Waals surface area contributed by atoms with Crippen molar-refractivity contribution < 1.29 is 4.79 Å². The number of halogens is 1. The van der Waals surface area contributed by atoms with E-state index in [0.717, 1.165) is 31.4 Å². The Labute approximate surface area is 170 Å². The lowest BCUT2D eigenvalue weighted by Gasteiger charge is -2.06. The third kappa shape index (κ3) is 4.50. The van der Waals surface area contributed by atoms with Gasteiger partial charge in [0, 0.05) is 21.2 Å². The van der Waals surface area contributed by atoms with E-state index in [9.17, 15) is 4.79 Å². The molecule has 0 saturated carbocycles. The summed E-state index contributed by atoms with van der Waals surface area (Å²) in [5.41, 5.74) is 2.76. The Hall–Kier alpha value is -2.34. The second-order valence-corrected chi connectivity index (χ2v) is 8.37. The molecule has 1 heterocycles.